The average Bonchev–Trinajstić information content (AvgIpc) is 2.03. The van der Waals surface area contributed by atoms with Crippen LogP contribution in [0.25, 0.3) is 0 Å². The fourth-order valence-electron chi connectivity index (χ4n) is 0.990. The van der Waals surface area contributed by atoms with Crippen molar-refractivity contribution in [2.24, 2.45) is 5.92 Å². The zero-order valence-corrected chi connectivity index (χ0v) is 9.43. The molecule has 0 fully saturated rings. The van der Waals surface area contributed by atoms with E-state index in [2.05, 4.69) is 0 Å². The van der Waals surface area contributed by atoms with Gasteiger partial charge in [-0.1, -0.05) is 13.8 Å². The Bertz CT molecular complexity index is 287. The van der Waals surface area contributed by atoms with Crippen LogP contribution in [0.4, 0.5) is 0 Å². The van der Waals surface area contributed by atoms with E-state index in [-0.39, 0.29) is 17.6 Å². The van der Waals surface area contributed by atoms with Crippen LogP contribution in [-0.4, -0.2) is 18.9 Å². The van der Waals surface area contributed by atoms with Crippen LogP contribution in [0.3, 0.4) is 0 Å². The van der Waals surface area contributed by atoms with Crippen molar-refractivity contribution in [3.05, 3.63) is 0 Å². The standard InChI is InChI=1S/C9H17NO2S/c1-7(2)9(4)13(11,12)8(3)5-6-10/h7-9H,5H2,1-4H3. The first kappa shape index (κ1) is 12.4. The number of rotatable bonds is 4. The zero-order chi connectivity index (χ0) is 10.6. The van der Waals surface area contributed by atoms with E-state index in [1.54, 1.807) is 13.8 Å². The molecule has 0 aliphatic carbocycles. The van der Waals surface area contributed by atoms with Crippen molar-refractivity contribution >= 4 is 9.84 Å². The lowest BCUT2D eigenvalue weighted by Gasteiger charge is -2.19. The lowest BCUT2D eigenvalue weighted by Crippen LogP contribution is -2.31. The Morgan fingerprint density at radius 2 is 1.69 bits per heavy atom. The maximum Gasteiger partial charge on any atom is 0.156 e. The Morgan fingerprint density at radius 1 is 1.23 bits per heavy atom. The summed E-state index contributed by atoms with van der Waals surface area (Å²) < 4.78 is 23.4. The van der Waals surface area contributed by atoms with Gasteiger partial charge < -0.3 is 0 Å². The van der Waals surface area contributed by atoms with Gasteiger partial charge >= 0.3 is 0 Å². The predicted molar refractivity (Wildman–Crippen MR) is 52.9 cm³/mol. The van der Waals surface area contributed by atoms with Gasteiger partial charge in [-0.2, -0.15) is 5.26 Å². The number of nitriles is 1. The summed E-state index contributed by atoms with van der Waals surface area (Å²) in [7, 11) is -3.12. The van der Waals surface area contributed by atoms with Gasteiger partial charge in [-0.3, -0.25) is 0 Å². The van der Waals surface area contributed by atoms with Gasteiger partial charge in [0.05, 0.1) is 23.0 Å². The molecule has 0 saturated heterocycles. The maximum absolute atomic E-state index is 11.7. The molecule has 0 bridgehead atoms. The van der Waals surface area contributed by atoms with Gasteiger partial charge in [0.1, 0.15) is 0 Å². The Labute approximate surface area is 80.7 Å². The van der Waals surface area contributed by atoms with E-state index >= 15 is 0 Å². The minimum Gasteiger partial charge on any atom is -0.228 e. The van der Waals surface area contributed by atoms with Crippen LogP contribution < -0.4 is 0 Å². The number of sulfone groups is 1. The van der Waals surface area contributed by atoms with E-state index in [1.807, 2.05) is 19.9 Å². The fraction of sp³-hybridized carbons (Fsp3) is 0.889. The first-order valence-electron chi connectivity index (χ1n) is 4.43. The highest BCUT2D eigenvalue weighted by Gasteiger charge is 2.29. The number of nitrogens with zero attached hydrogens (tertiary/aromatic N) is 1. The summed E-state index contributed by atoms with van der Waals surface area (Å²) in [5.41, 5.74) is 0. The molecule has 0 N–H and O–H groups in total. The van der Waals surface area contributed by atoms with Crippen LogP contribution in [-0.2, 0) is 9.84 Å². The number of hydrogen-bond donors (Lipinski definition) is 0. The maximum atomic E-state index is 11.7. The van der Waals surface area contributed by atoms with Gasteiger partial charge in [-0.15, -0.1) is 0 Å². The minimum absolute atomic E-state index is 0.0827. The highest BCUT2D eigenvalue weighted by atomic mass is 32.2. The summed E-state index contributed by atoms with van der Waals surface area (Å²) >= 11 is 0. The molecular weight excluding hydrogens is 186 g/mol. The molecule has 13 heavy (non-hydrogen) atoms. The molecule has 0 aliphatic rings. The van der Waals surface area contributed by atoms with Gasteiger partial charge in [-0.05, 0) is 19.8 Å². The summed E-state index contributed by atoms with van der Waals surface area (Å²) in [6.07, 6.45) is 0.0827. The van der Waals surface area contributed by atoms with Crippen molar-refractivity contribution in [1.82, 2.24) is 0 Å². The van der Waals surface area contributed by atoms with Gasteiger partial charge in [0.25, 0.3) is 0 Å². The van der Waals surface area contributed by atoms with E-state index in [9.17, 15) is 8.42 Å². The molecule has 4 heteroatoms. The third-order valence-corrected chi connectivity index (χ3v) is 5.27. The molecule has 2 atom stereocenters. The smallest absolute Gasteiger partial charge is 0.156 e. The summed E-state index contributed by atoms with van der Waals surface area (Å²) in [5, 5.41) is 7.49. The Hall–Kier alpha value is -0.560. The van der Waals surface area contributed by atoms with E-state index in [0.29, 0.717) is 0 Å². The van der Waals surface area contributed by atoms with Crippen molar-refractivity contribution in [3.8, 4) is 6.07 Å². The number of hydrogen-bond acceptors (Lipinski definition) is 3. The molecule has 0 heterocycles. The fourth-order valence-corrected chi connectivity index (χ4v) is 2.79. The van der Waals surface area contributed by atoms with Gasteiger partial charge in [0.2, 0.25) is 0 Å². The molecule has 0 aliphatic heterocycles. The predicted octanol–water partition coefficient (Wildman–Crippen LogP) is 1.75. The van der Waals surface area contributed by atoms with Crippen LogP contribution in [0, 0.1) is 17.2 Å². The highest BCUT2D eigenvalue weighted by Crippen LogP contribution is 2.18. The van der Waals surface area contributed by atoms with Gasteiger partial charge in [-0.25, -0.2) is 8.42 Å². The van der Waals surface area contributed by atoms with Crippen LogP contribution >= 0.6 is 0 Å². The van der Waals surface area contributed by atoms with Crippen molar-refractivity contribution in [1.29, 1.82) is 5.26 Å². The second-order valence-electron chi connectivity index (χ2n) is 3.71. The van der Waals surface area contributed by atoms with Crippen molar-refractivity contribution in [2.45, 2.75) is 44.6 Å². The molecule has 2 unspecified atom stereocenters. The second-order valence-corrected chi connectivity index (χ2v) is 6.44. The molecule has 0 radical (unpaired) electrons. The molecule has 76 valence electrons. The third kappa shape index (κ3) is 3.00. The second kappa shape index (κ2) is 4.61. The molecule has 0 spiro atoms. The lowest BCUT2D eigenvalue weighted by molar-refractivity contribution is 0.535. The molecule has 0 saturated carbocycles. The lowest BCUT2D eigenvalue weighted by atomic mass is 10.2. The van der Waals surface area contributed by atoms with E-state index in [0.717, 1.165) is 0 Å². The Morgan fingerprint density at radius 3 is 2.00 bits per heavy atom. The van der Waals surface area contributed by atoms with Gasteiger partial charge in [0, 0.05) is 0 Å². The Kier molecular flexibility index (Phi) is 4.41. The molecule has 0 rings (SSSR count). The largest absolute Gasteiger partial charge is 0.228 e. The minimum atomic E-state index is -3.12. The molecule has 0 aromatic heterocycles. The topological polar surface area (TPSA) is 57.9 Å². The van der Waals surface area contributed by atoms with Crippen molar-refractivity contribution < 1.29 is 8.42 Å². The molecule has 3 nitrogen and oxygen atoms in total. The third-order valence-electron chi connectivity index (χ3n) is 2.40. The summed E-state index contributed by atoms with van der Waals surface area (Å²) in [4.78, 5) is 0. The first-order chi connectivity index (χ1) is 5.84. The molecular formula is C9H17NO2S. The van der Waals surface area contributed by atoms with E-state index in [1.165, 1.54) is 0 Å². The summed E-state index contributed by atoms with van der Waals surface area (Å²) in [6.45, 7) is 7.05. The average molecular weight is 203 g/mol. The van der Waals surface area contributed by atoms with Crippen molar-refractivity contribution in [3.63, 3.8) is 0 Å². The van der Waals surface area contributed by atoms with Crippen molar-refractivity contribution in [2.75, 3.05) is 0 Å². The van der Waals surface area contributed by atoms with E-state index in [4.69, 9.17) is 5.26 Å². The monoisotopic (exact) mass is 203 g/mol. The first-order valence-corrected chi connectivity index (χ1v) is 6.04. The highest BCUT2D eigenvalue weighted by molar-refractivity contribution is 7.92. The summed E-state index contributed by atoms with van der Waals surface area (Å²) in [5.74, 6) is 0.103. The Balaban J connectivity index is 4.68. The quantitative estimate of drug-likeness (QED) is 0.699. The van der Waals surface area contributed by atoms with Gasteiger partial charge in [0.15, 0.2) is 9.84 Å². The van der Waals surface area contributed by atoms with Crippen LogP contribution in [0.2, 0.25) is 0 Å². The normalized spacial score (nSPS) is 16.6. The molecule has 0 aromatic carbocycles. The van der Waals surface area contributed by atoms with Crippen LogP contribution in [0.5, 0.6) is 0 Å². The summed E-state index contributed by atoms with van der Waals surface area (Å²) in [6, 6.07) is 1.89. The van der Waals surface area contributed by atoms with E-state index < -0.39 is 15.1 Å². The zero-order valence-electron chi connectivity index (χ0n) is 8.61. The van der Waals surface area contributed by atoms with Crippen LogP contribution in [0.15, 0.2) is 0 Å². The SMILES string of the molecule is CC(C)C(C)S(=O)(=O)C(C)CC#N. The molecule has 0 aromatic rings. The van der Waals surface area contributed by atoms with Crippen LogP contribution in [0.1, 0.15) is 34.1 Å². The molecule has 0 amide bonds.